The minimum Gasteiger partial charge on any atom is -0.380 e. The van der Waals surface area contributed by atoms with Gasteiger partial charge < -0.3 is 9.47 Å². The van der Waals surface area contributed by atoms with Crippen LogP contribution in [0.15, 0.2) is 0 Å². The number of ether oxygens (including phenoxy) is 2. The first-order valence-corrected chi connectivity index (χ1v) is 6.20. The molecule has 15 heavy (non-hydrogen) atoms. The summed E-state index contributed by atoms with van der Waals surface area (Å²) in [6.45, 7) is 7.96. The zero-order valence-electron chi connectivity index (χ0n) is 9.54. The van der Waals surface area contributed by atoms with Crippen molar-refractivity contribution in [2.45, 2.75) is 38.0 Å². The zero-order chi connectivity index (χ0) is 10.9. The van der Waals surface area contributed by atoms with Crippen molar-refractivity contribution < 1.29 is 9.47 Å². The number of morpholine rings is 1. The van der Waals surface area contributed by atoms with Crippen molar-refractivity contribution in [3.05, 3.63) is 0 Å². The fourth-order valence-corrected chi connectivity index (χ4v) is 2.67. The summed E-state index contributed by atoms with van der Waals surface area (Å²) in [5, 5.41) is 0. The average molecular weight is 234 g/mol. The Hall–Kier alpha value is 0.170. The van der Waals surface area contributed by atoms with Crippen LogP contribution in [0.4, 0.5) is 0 Å². The SMILES string of the molecule is CC1(C)CN(C2CCOC2)CC(CCl)O1. The Morgan fingerprint density at radius 3 is 2.87 bits per heavy atom. The third kappa shape index (κ3) is 2.84. The van der Waals surface area contributed by atoms with Crippen LogP contribution in [0.2, 0.25) is 0 Å². The van der Waals surface area contributed by atoms with E-state index in [0.717, 1.165) is 32.7 Å². The lowest BCUT2D eigenvalue weighted by atomic mass is 10.0. The molecule has 88 valence electrons. The van der Waals surface area contributed by atoms with Gasteiger partial charge in [-0.3, -0.25) is 4.90 Å². The summed E-state index contributed by atoms with van der Waals surface area (Å²) in [5.74, 6) is 0.577. The molecular formula is C11H20ClNO2. The van der Waals surface area contributed by atoms with E-state index in [0.29, 0.717) is 11.9 Å². The van der Waals surface area contributed by atoms with Crippen LogP contribution < -0.4 is 0 Å². The predicted molar refractivity (Wildman–Crippen MR) is 60.5 cm³/mol. The minimum absolute atomic E-state index is 0.0829. The van der Waals surface area contributed by atoms with E-state index in [1.807, 2.05) is 0 Å². The predicted octanol–water partition coefficient (Wildman–Crippen LogP) is 1.49. The highest BCUT2D eigenvalue weighted by atomic mass is 35.5. The first-order chi connectivity index (χ1) is 7.11. The highest BCUT2D eigenvalue weighted by Gasteiger charge is 2.37. The number of nitrogens with zero attached hydrogens (tertiary/aromatic N) is 1. The smallest absolute Gasteiger partial charge is 0.0845 e. The molecule has 0 saturated carbocycles. The molecule has 0 bridgehead atoms. The Labute approximate surface area is 96.7 Å². The molecule has 2 aliphatic heterocycles. The Kier molecular flexibility index (Phi) is 3.56. The van der Waals surface area contributed by atoms with E-state index < -0.39 is 0 Å². The summed E-state index contributed by atoms with van der Waals surface area (Å²) < 4.78 is 11.3. The Morgan fingerprint density at radius 1 is 1.47 bits per heavy atom. The van der Waals surface area contributed by atoms with Crippen molar-refractivity contribution >= 4 is 11.6 Å². The molecule has 3 nitrogen and oxygen atoms in total. The molecule has 2 saturated heterocycles. The van der Waals surface area contributed by atoms with E-state index in [-0.39, 0.29) is 11.7 Å². The molecule has 2 atom stereocenters. The number of alkyl halides is 1. The van der Waals surface area contributed by atoms with Crippen LogP contribution in [0.25, 0.3) is 0 Å². The average Bonchev–Trinajstić information content (AvgIpc) is 2.68. The fraction of sp³-hybridized carbons (Fsp3) is 1.00. The van der Waals surface area contributed by atoms with Crippen LogP contribution in [0, 0.1) is 0 Å². The van der Waals surface area contributed by atoms with Gasteiger partial charge in [-0.15, -0.1) is 11.6 Å². The molecule has 2 fully saturated rings. The number of hydrogen-bond acceptors (Lipinski definition) is 3. The highest BCUT2D eigenvalue weighted by Crippen LogP contribution is 2.25. The van der Waals surface area contributed by atoms with Crippen LogP contribution in [0.5, 0.6) is 0 Å². The first-order valence-electron chi connectivity index (χ1n) is 5.66. The second-order valence-corrected chi connectivity index (χ2v) is 5.41. The third-order valence-corrected chi connectivity index (χ3v) is 3.45. The lowest BCUT2D eigenvalue weighted by Gasteiger charge is -2.44. The molecule has 2 aliphatic rings. The third-order valence-electron chi connectivity index (χ3n) is 3.10. The molecule has 0 aromatic carbocycles. The van der Waals surface area contributed by atoms with Crippen LogP contribution in [0.3, 0.4) is 0 Å². The van der Waals surface area contributed by atoms with Crippen molar-refractivity contribution in [3.63, 3.8) is 0 Å². The maximum Gasteiger partial charge on any atom is 0.0845 e. The normalized spacial score (nSPS) is 37.0. The van der Waals surface area contributed by atoms with Crippen LogP contribution in [-0.4, -0.2) is 54.8 Å². The van der Waals surface area contributed by atoms with E-state index in [1.54, 1.807) is 0 Å². The van der Waals surface area contributed by atoms with Gasteiger partial charge in [0.2, 0.25) is 0 Å². The fourth-order valence-electron chi connectivity index (χ4n) is 2.51. The molecule has 2 heterocycles. The minimum atomic E-state index is -0.0829. The summed E-state index contributed by atoms with van der Waals surface area (Å²) in [7, 11) is 0. The van der Waals surface area contributed by atoms with E-state index >= 15 is 0 Å². The quantitative estimate of drug-likeness (QED) is 0.675. The topological polar surface area (TPSA) is 21.7 Å². The zero-order valence-corrected chi connectivity index (χ0v) is 10.3. The summed E-state index contributed by atoms with van der Waals surface area (Å²) >= 11 is 5.90. The van der Waals surface area contributed by atoms with Crippen LogP contribution in [0.1, 0.15) is 20.3 Å². The maximum absolute atomic E-state index is 5.90. The molecule has 0 aromatic heterocycles. The maximum atomic E-state index is 5.90. The summed E-state index contributed by atoms with van der Waals surface area (Å²) in [6, 6.07) is 0.568. The molecule has 2 unspecified atom stereocenters. The molecule has 0 aromatic rings. The van der Waals surface area contributed by atoms with Gasteiger partial charge in [-0.1, -0.05) is 0 Å². The molecule has 0 spiro atoms. The van der Waals surface area contributed by atoms with Gasteiger partial charge in [0, 0.05) is 31.6 Å². The molecule has 0 aliphatic carbocycles. The van der Waals surface area contributed by atoms with Gasteiger partial charge in [-0.05, 0) is 20.3 Å². The number of rotatable bonds is 2. The Balaban J connectivity index is 1.98. The Morgan fingerprint density at radius 2 is 2.27 bits per heavy atom. The number of halogens is 1. The van der Waals surface area contributed by atoms with E-state index in [2.05, 4.69) is 18.7 Å². The monoisotopic (exact) mass is 233 g/mol. The highest BCUT2D eigenvalue weighted by molar-refractivity contribution is 6.18. The second kappa shape index (κ2) is 4.58. The van der Waals surface area contributed by atoms with Gasteiger partial charge in [-0.25, -0.2) is 0 Å². The first kappa shape index (κ1) is 11.6. The molecule has 0 amide bonds. The molecule has 0 N–H and O–H groups in total. The standard InChI is InChI=1S/C11H20ClNO2/c1-11(2)8-13(6-10(5-12)15-11)9-3-4-14-7-9/h9-10H,3-8H2,1-2H3. The lowest BCUT2D eigenvalue weighted by molar-refractivity contribution is -0.136. The van der Waals surface area contributed by atoms with E-state index in [1.165, 1.54) is 0 Å². The van der Waals surface area contributed by atoms with Gasteiger partial charge in [0.1, 0.15) is 0 Å². The van der Waals surface area contributed by atoms with Gasteiger partial charge >= 0.3 is 0 Å². The molecule has 4 heteroatoms. The molecular weight excluding hydrogens is 214 g/mol. The van der Waals surface area contributed by atoms with Crippen LogP contribution >= 0.6 is 11.6 Å². The van der Waals surface area contributed by atoms with Crippen molar-refractivity contribution in [1.29, 1.82) is 0 Å². The van der Waals surface area contributed by atoms with Gasteiger partial charge in [0.05, 0.1) is 18.3 Å². The van der Waals surface area contributed by atoms with Crippen molar-refractivity contribution in [2.75, 3.05) is 32.2 Å². The van der Waals surface area contributed by atoms with Crippen molar-refractivity contribution in [1.82, 2.24) is 4.90 Å². The van der Waals surface area contributed by atoms with E-state index in [9.17, 15) is 0 Å². The van der Waals surface area contributed by atoms with Gasteiger partial charge in [-0.2, -0.15) is 0 Å². The van der Waals surface area contributed by atoms with Crippen molar-refractivity contribution in [2.24, 2.45) is 0 Å². The largest absolute Gasteiger partial charge is 0.380 e. The van der Waals surface area contributed by atoms with E-state index in [4.69, 9.17) is 21.1 Å². The molecule has 2 rings (SSSR count). The second-order valence-electron chi connectivity index (χ2n) is 5.10. The van der Waals surface area contributed by atoms with Gasteiger partial charge in [0.15, 0.2) is 0 Å². The summed E-state index contributed by atoms with van der Waals surface area (Å²) in [4.78, 5) is 2.48. The summed E-state index contributed by atoms with van der Waals surface area (Å²) in [6.07, 6.45) is 1.31. The lowest BCUT2D eigenvalue weighted by Crippen LogP contribution is -2.56. The van der Waals surface area contributed by atoms with Crippen molar-refractivity contribution in [3.8, 4) is 0 Å². The van der Waals surface area contributed by atoms with Crippen LogP contribution in [-0.2, 0) is 9.47 Å². The van der Waals surface area contributed by atoms with Gasteiger partial charge in [0.25, 0.3) is 0 Å². The molecule has 0 radical (unpaired) electrons. The number of hydrogen-bond donors (Lipinski definition) is 0. The summed E-state index contributed by atoms with van der Waals surface area (Å²) in [5.41, 5.74) is -0.0829. The Bertz CT molecular complexity index is 217.